The van der Waals surface area contributed by atoms with E-state index in [1.165, 1.54) is 53.5 Å². The van der Waals surface area contributed by atoms with E-state index in [0.717, 1.165) is 23.1 Å². The maximum atomic E-state index is 6.56. The molecule has 0 bridgehead atoms. The number of rotatable bonds is 6. The lowest BCUT2D eigenvalue weighted by Crippen LogP contribution is -1.98. The van der Waals surface area contributed by atoms with Crippen LogP contribution < -0.4 is 5.73 Å². The molecule has 1 atom stereocenters. The zero-order chi connectivity index (χ0) is 30.3. The summed E-state index contributed by atoms with van der Waals surface area (Å²) in [4.78, 5) is 6.33. The van der Waals surface area contributed by atoms with Gasteiger partial charge in [0.2, 0.25) is 0 Å². The molecule has 4 heteroatoms. The maximum absolute atomic E-state index is 6.56. The van der Waals surface area contributed by atoms with Crippen LogP contribution in [0.4, 0.5) is 0 Å². The third-order valence-electron chi connectivity index (χ3n) is 8.98. The number of aromatic nitrogens is 1. The van der Waals surface area contributed by atoms with E-state index in [4.69, 9.17) is 10.7 Å². The van der Waals surface area contributed by atoms with Gasteiger partial charge in [0.25, 0.3) is 0 Å². The summed E-state index contributed by atoms with van der Waals surface area (Å²) in [6, 6.07) is 40.8. The van der Waals surface area contributed by atoms with Crippen LogP contribution in [-0.4, -0.2) is 10.8 Å². The molecule has 0 aliphatic heterocycles. The smallest absolute Gasteiger partial charge is 0.114 e. The molecule has 0 amide bonds. The molecule has 218 valence electrons. The number of nitrogens with two attached hydrogens (primary N) is 1. The number of hydrogen-bond donors (Lipinski definition) is 1. The maximum Gasteiger partial charge on any atom is 0.114 e. The number of para-hydroxylation sites is 1. The molecule has 7 aromatic rings. The van der Waals surface area contributed by atoms with Crippen molar-refractivity contribution in [3.05, 3.63) is 143 Å². The largest absolute Gasteiger partial charge is 0.398 e. The summed E-state index contributed by atoms with van der Waals surface area (Å²) < 4.78 is 3.70. The fraction of sp³-hybridized carbons (Fsp3) is 0.0976. The van der Waals surface area contributed by atoms with Gasteiger partial charge in [-0.2, -0.15) is 0 Å². The summed E-state index contributed by atoms with van der Waals surface area (Å²) in [6.07, 6.45) is 9.50. The summed E-state index contributed by atoms with van der Waals surface area (Å²) in [7, 11) is 0. The predicted molar refractivity (Wildman–Crippen MR) is 195 cm³/mol. The molecule has 0 spiro atoms. The first kappa shape index (κ1) is 27.4. The Bertz CT molecular complexity index is 2280. The van der Waals surface area contributed by atoms with Crippen molar-refractivity contribution in [1.82, 2.24) is 4.57 Å². The van der Waals surface area contributed by atoms with Gasteiger partial charge in [-0.3, -0.25) is 4.99 Å². The van der Waals surface area contributed by atoms with Crippen molar-refractivity contribution in [3.63, 3.8) is 0 Å². The zero-order valence-corrected chi connectivity index (χ0v) is 26.0. The van der Waals surface area contributed by atoms with E-state index < -0.39 is 0 Å². The molecule has 2 aromatic heterocycles. The Morgan fingerprint density at radius 3 is 2.38 bits per heavy atom. The van der Waals surface area contributed by atoms with Crippen LogP contribution >= 0.6 is 11.3 Å². The van der Waals surface area contributed by atoms with Crippen LogP contribution in [0.25, 0.3) is 65.9 Å². The highest BCUT2D eigenvalue weighted by Crippen LogP contribution is 2.46. The molecule has 8 rings (SSSR count). The van der Waals surface area contributed by atoms with Gasteiger partial charge in [-0.1, -0.05) is 116 Å². The van der Waals surface area contributed by atoms with Gasteiger partial charge in [0.05, 0.1) is 11.0 Å². The Morgan fingerprint density at radius 2 is 1.53 bits per heavy atom. The van der Waals surface area contributed by atoms with E-state index in [-0.39, 0.29) is 0 Å². The molecule has 1 aliphatic rings. The van der Waals surface area contributed by atoms with E-state index in [1.54, 1.807) is 0 Å². The number of allylic oxidation sites excluding steroid dienone is 2. The molecule has 0 saturated carbocycles. The Balaban J connectivity index is 1.07. The molecule has 0 saturated heterocycles. The number of thiophene rings is 1. The van der Waals surface area contributed by atoms with Crippen molar-refractivity contribution < 1.29 is 0 Å². The molecule has 0 fully saturated rings. The molecule has 1 unspecified atom stereocenters. The van der Waals surface area contributed by atoms with Gasteiger partial charge in [0, 0.05) is 37.6 Å². The Labute approximate surface area is 267 Å². The summed E-state index contributed by atoms with van der Waals surface area (Å²) in [5.74, 6) is 0.563. The third-order valence-corrected chi connectivity index (χ3v) is 10.5. The fourth-order valence-electron chi connectivity index (χ4n) is 6.63. The van der Waals surface area contributed by atoms with Gasteiger partial charge in [-0.15, -0.1) is 11.3 Å². The minimum absolute atomic E-state index is 0.522. The van der Waals surface area contributed by atoms with Crippen LogP contribution in [-0.2, 0) is 6.67 Å². The lowest BCUT2D eigenvalue weighted by Gasteiger charge is -2.12. The van der Waals surface area contributed by atoms with Crippen LogP contribution in [0, 0.1) is 0 Å². The normalized spacial score (nSPS) is 15.0. The third kappa shape index (κ3) is 4.88. The fourth-order valence-corrected chi connectivity index (χ4v) is 8.04. The van der Waals surface area contributed by atoms with Crippen LogP contribution in [0.3, 0.4) is 0 Å². The molecular weight excluding hydrogens is 567 g/mol. The molecule has 2 N–H and O–H groups in total. The topological polar surface area (TPSA) is 43.3 Å². The molecular formula is C41H33N3S. The number of benzene rings is 5. The lowest BCUT2D eigenvalue weighted by molar-refractivity contribution is 0.791. The number of nitrogens with zero attached hydrogens (tertiary/aromatic N) is 2. The van der Waals surface area contributed by atoms with Crippen molar-refractivity contribution in [2.45, 2.75) is 25.9 Å². The number of aliphatic imine (C=N–C) groups is 1. The summed E-state index contributed by atoms with van der Waals surface area (Å²) in [5, 5.41) is 3.98. The quantitative estimate of drug-likeness (QED) is 0.190. The lowest BCUT2D eigenvalue weighted by atomic mass is 9.94. The van der Waals surface area contributed by atoms with Crippen LogP contribution in [0.15, 0.2) is 132 Å². The van der Waals surface area contributed by atoms with Gasteiger partial charge in [0.15, 0.2) is 0 Å². The first-order chi connectivity index (χ1) is 22.2. The van der Waals surface area contributed by atoms with Gasteiger partial charge >= 0.3 is 0 Å². The summed E-state index contributed by atoms with van der Waals surface area (Å²) in [5.41, 5.74) is 16.8. The average Bonchev–Trinajstić information content (AvgIpc) is 3.64. The summed E-state index contributed by atoms with van der Waals surface area (Å²) >= 11 is 1.97. The van der Waals surface area contributed by atoms with E-state index in [2.05, 4.69) is 133 Å². The first-order valence-corrected chi connectivity index (χ1v) is 16.3. The molecule has 5 aromatic carbocycles. The zero-order valence-electron chi connectivity index (χ0n) is 25.2. The second kappa shape index (κ2) is 11.4. The highest BCUT2D eigenvalue weighted by Gasteiger charge is 2.22. The minimum atomic E-state index is 0.522. The molecule has 45 heavy (non-hydrogen) atoms. The molecule has 2 heterocycles. The Kier molecular flexibility index (Phi) is 6.92. The van der Waals surface area contributed by atoms with E-state index in [1.807, 2.05) is 29.7 Å². The second-order valence-electron chi connectivity index (χ2n) is 11.8. The Hall–Kier alpha value is -5.19. The van der Waals surface area contributed by atoms with Crippen LogP contribution in [0.1, 0.15) is 35.3 Å². The van der Waals surface area contributed by atoms with Gasteiger partial charge in [0.1, 0.15) is 6.67 Å². The van der Waals surface area contributed by atoms with Crippen molar-refractivity contribution in [2.75, 3.05) is 0 Å². The van der Waals surface area contributed by atoms with Crippen molar-refractivity contribution in [1.29, 1.82) is 0 Å². The highest BCUT2D eigenvalue weighted by atomic mass is 32.1. The predicted octanol–water partition coefficient (Wildman–Crippen LogP) is 10.9. The van der Waals surface area contributed by atoms with E-state index in [0.29, 0.717) is 18.3 Å². The van der Waals surface area contributed by atoms with E-state index in [9.17, 15) is 0 Å². The highest BCUT2D eigenvalue weighted by molar-refractivity contribution is 7.20. The monoisotopic (exact) mass is 599 g/mol. The van der Waals surface area contributed by atoms with Crippen molar-refractivity contribution in [3.8, 4) is 22.3 Å². The standard InChI is InChI=1S/C41H33N3S/c1-27-9-7-15-33-34-21-22-38-39(41(34)45-40(27)33)35-14-5-6-16-37(35)44(38)26-43-24-23-36(42)32-13-8-12-31(25-32)30-19-17-29(18-20-30)28-10-3-2-4-11-28/h2-8,10-25,27H,9,26,42H2,1H3/b36-23-,43-24?. The van der Waals surface area contributed by atoms with Crippen LogP contribution in [0.5, 0.6) is 0 Å². The van der Waals surface area contributed by atoms with Gasteiger partial charge in [-0.25, -0.2) is 0 Å². The molecule has 1 aliphatic carbocycles. The molecule has 3 nitrogen and oxygen atoms in total. The van der Waals surface area contributed by atoms with Crippen molar-refractivity contribution >= 4 is 61.2 Å². The SMILES string of the molecule is CC1CC=Cc2c1sc1c2ccc2c1c1ccccc1n2CN=C/C=C(\N)c1cccc(-c2ccc(-c3ccccc3)cc2)c1. The first-order valence-electron chi connectivity index (χ1n) is 15.5. The minimum Gasteiger partial charge on any atom is -0.398 e. The van der Waals surface area contributed by atoms with Gasteiger partial charge < -0.3 is 10.3 Å². The number of fused-ring (bicyclic) bond motifs is 7. The van der Waals surface area contributed by atoms with Crippen LogP contribution in [0.2, 0.25) is 0 Å². The van der Waals surface area contributed by atoms with Crippen molar-refractivity contribution in [2.24, 2.45) is 10.7 Å². The molecule has 0 radical (unpaired) electrons. The summed E-state index contributed by atoms with van der Waals surface area (Å²) in [6.45, 7) is 2.86. The number of hydrogen-bond acceptors (Lipinski definition) is 3. The average molecular weight is 600 g/mol. The van der Waals surface area contributed by atoms with E-state index >= 15 is 0 Å². The Morgan fingerprint density at radius 1 is 0.800 bits per heavy atom. The second-order valence-corrected chi connectivity index (χ2v) is 12.9. The van der Waals surface area contributed by atoms with Gasteiger partial charge in [-0.05, 0) is 70.0 Å².